The van der Waals surface area contributed by atoms with Crippen molar-refractivity contribution in [2.24, 2.45) is 0 Å². The Morgan fingerprint density at radius 1 is 1.06 bits per heavy atom. The van der Waals surface area contributed by atoms with Crippen molar-refractivity contribution in [3.8, 4) is 0 Å². The van der Waals surface area contributed by atoms with Gasteiger partial charge in [-0.3, -0.25) is 4.98 Å². The topological polar surface area (TPSA) is 38.9 Å². The fraction of sp³-hybridized carbons (Fsp3) is 0. The van der Waals surface area contributed by atoms with E-state index in [1.807, 2.05) is 0 Å². The SMILES string of the molecule is Nc1ccc(F)c(F)c1Sc1ccncc1. The molecule has 2 rings (SSSR count). The van der Waals surface area contributed by atoms with Crippen molar-refractivity contribution in [1.29, 1.82) is 0 Å². The number of nitrogens with zero attached hydrogens (tertiary/aromatic N) is 1. The molecule has 2 N–H and O–H groups in total. The standard InChI is InChI=1S/C11H8F2N2S/c12-8-1-2-9(14)11(10(8)13)16-7-3-5-15-6-4-7/h1-6H,14H2. The maximum Gasteiger partial charge on any atom is 0.174 e. The summed E-state index contributed by atoms with van der Waals surface area (Å²) in [5.41, 5.74) is 5.82. The van der Waals surface area contributed by atoms with Crippen LogP contribution < -0.4 is 5.73 Å². The van der Waals surface area contributed by atoms with E-state index >= 15 is 0 Å². The van der Waals surface area contributed by atoms with Gasteiger partial charge in [0.2, 0.25) is 0 Å². The van der Waals surface area contributed by atoms with E-state index in [2.05, 4.69) is 4.98 Å². The maximum atomic E-state index is 13.5. The number of nitrogen functional groups attached to an aromatic ring is 1. The van der Waals surface area contributed by atoms with Crippen molar-refractivity contribution in [2.75, 3.05) is 5.73 Å². The van der Waals surface area contributed by atoms with E-state index in [4.69, 9.17) is 5.73 Å². The molecular weight excluding hydrogens is 230 g/mol. The normalized spacial score (nSPS) is 10.4. The zero-order valence-electron chi connectivity index (χ0n) is 8.15. The van der Waals surface area contributed by atoms with Crippen molar-refractivity contribution in [3.63, 3.8) is 0 Å². The molecule has 0 atom stereocenters. The van der Waals surface area contributed by atoms with Crippen LogP contribution in [0.25, 0.3) is 0 Å². The third-order valence-electron chi connectivity index (χ3n) is 1.95. The van der Waals surface area contributed by atoms with Gasteiger partial charge in [-0.25, -0.2) is 8.78 Å². The first-order valence-corrected chi connectivity index (χ1v) is 5.31. The second-order valence-corrected chi connectivity index (χ2v) is 4.15. The highest BCUT2D eigenvalue weighted by Gasteiger charge is 2.12. The number of pyridine rings is 1. The summed E-state index contributed by atoms with van der Waals surface area (Å²) in [7, 11) is 0. The first-order chi connectivity index (χ1) is 7.68. The molecule has 2 aromatic rings. The molecule has 0 spiro atoms. The molecule has 0 unspecified atom stereocenters. The lowest BCUT2D eigenvalue weighted by Crippen LogP contribution is -1.95. The minimum Gasteiger partial charge on any atom is -0.398 e. The number of halogens is 2. The Kier molecular flexibility index (Phi) is 3.05. The number of aromatic nitrogens is 1. The van der Waals surface area contributed by atoms with Gasteiger partial charge in [-0.15, -0.1) is 0 Å². The van der Waals surface area contributed by atoms with Gasteiger partial charge in [-0.05, 0) is 24.3 Å². The molecule has 82 valence electrons. The van der Waals surface area contributed by atoms with Gasteiger partial charge in [0.05, 0.1) is 4.90 Å². The predicted octanol–water partition coefficient (Wildman–Crippen LogP) is 3.09. The summed E-state index contributed by atoms with van der Waals surface area (Å²) in [6.07, 6.45) is 3.16. The van der Waals surface area contributed by atoms with Crippen molar-refractivity contribution < 1.29 is 8.78 Å². The zero-order valence-corrected chi connectivity index (χ0v) is 8.97. The average molecular weight is 238 g/mol. The highest BCUT2D eigenvalue weighted by atomic mass is 32.2. The molecule has 2 nitrogen and oxygen atoms in total. The number of hydrogen-bond acceptors (Lipinski definition) is 3. The molecule has 0 aliphatic carbocycles. The molecule has 0 radical (unpaired) electrons. The van der Waals surface area contributed by atoms with Crippen LogP contribution in [0.1, 0.15) is 0 Å². The highest BCUT2D eigenvalue weighted by molar-refractivity contribution is 7.99. The van der Waals surface area contributed by atoms with Crippen molar-refractivity contribution in [3.05, 3.63) is 48.3 Å². The van der Waals surface area contributed by atoms with Crippen LogP contribution in [0.15, 0.2) is 46.5 Å². The lowest BCUT2D eigenvalue weighted by atomic mass is 10.3. The quantitative estimate of drug-likeness (QED) is 0.817. The van der Waals surface area contributed by atoms with Gasteiger partial charge in [0, 0.05) is 23.0 Å². The summed E-state index contributed by atoms with van der Waals surface area (Å²) >= 11 is 1.08. The highest BCUT2D eigenvalue weighted by Crippen LogP contribution is 2.34. The minimum atomic E-state index is -0.915. The molecule has 5 heteroatoms. The van der Waals surface area contributed by atoms with Crippen molar-refractivity contribution in [2.45, 2.75) is 9.79 Å². The van der Waals surface area contributed by atoms with E-state index < -0.39 is 11.6 Å². The van der Waals surface area contributed by atoms with E-state index in [-0.39, 0.29) is 10.6 Å². The van der Waals surface area contributed by atoms with Crippen LogP contribution in [0.4, 0.5) is 14.5 Å². The minimum absolute atomic E-state index is 0.103. The van der Waals surface area contributed by atoms with Gasteiger partial charge in [0.1, 0.15) is 0 Å². The monoisotopic (exact) mass is 238 g/mol. The van der Waals surface area contributed by atoms with Crippen LogP contribution in [0.2, 0.25) is 0 Å². The van der Waals surface area contributed by atoms with E-state index in [0.29, 0.717) is 0 Å². The molecule has 1 heterocycles. The number of nitrogens with two attached hydrogens (primary N) is 1. The predicted molar refractivity (Wildman–Crippen MR) is 59.1 cm³/mol. The molecule has 1 aromatic heterocycles. The molecule has 0 bridgehead atoms. The van der Waals surface area contributed by atoms with E-state index in [0.717, 1.165) is 22.7 Å². The molecule has 0 aliphatic heterocycles. The molecule has 0 saturated carbocycles. The van der Waals surface area contributed by atoms with Crippen LogP contribution in [-0.2, 0) is 0 Å². The van der Waals surface area contributed by atoms with Crippen LogP contribution >= 0.6 is 11.8 Å². The van der Waals surface area contributed by atoms with Gasteiger partial charge in [0.15, 0.2) is 11.6 Å². The summed E-state index contributed by atoms with van der Waals surface area (Å²) in [6, 6.07) is 5.77. The average Bonchev–Trinajstić information content (AvgIpc) is 2.31. The molecule has 0 saturated heterocycles. The third-order valence-corrected chi connectivity index (χ3v) is 3.08. The maximum absolute atomic E-state index is 13.5. The Labute approximate surface area is 95.5 Å². The number of rotatable bonds is 2. The van der Waals surface area contributed by atoms with E-state index in [1.54, 1.807) is 24.5 Å². The molecular formula is C11H8F2N2S. The summed E-state index contributed by atoms with van der Waals surface area (Å²) in [4.78, 5) is 4.70. The second-order valence-electron chi connectivity index (χ2n) is 3.06. The number of hydrogen-bond donors (Lipinski definition) is 1. The van der Waals surface area contributed by atoms with E-state index in [9.17, 15) is 8.78 Å². The van der Waals surface area contributed by atoms with Crippen LogP contribution in [-0.4, -0.2) is 4.98 Å². The summed E-state index contributed by atoms with van der Waals surface area (Å²) < 4.78 is 26.5. The van der Waals surface area contributed by atoms with E-state index in [1.165, 1.54) is 6.07 Å². The fourth-order valence-corrected chi connectivity index (χ4v) is 2.04. The van der Waals surface area contributed by atoms with Crippen LogP contribution in [0.3, 0.4) is 0 Å². The zero-order chi connectivity index (χ0) is 11.5. The van der Waals surface area contributed by atoms with Gasteiger partial charge in [-0.2, -0.15) is 0 Å². The Bertz CT molecular complexity index is 503. The molecule has 0 fully saturated rings. The Morgan fingerprint density at radius 2 is 1.75 bits per heavy atom. The van der Waals surface area contributed by atoms with Gasteiger partial charge in [0.25, 0.3) is 0 Å². The van der Waals surface area contributed by atoms with Crippen molar-refractivity contribution >= 4 is 17.4 Å². The van der Waals surface area contributed by atoms with Crippen molar-refractivity contribution in [1.82, 2.24) is 4.98 Å². The molecule has 1 aromatic carbocycles. The lowest BCUT2D eigenvalue weighted by Gasteiger charge is -2.06. The molecule has 0 aliphatic rings. The Hall–Kier alpha value is -1.62. The fourth-order valence-electron chi connectivity index (χ4n) is 1.17. The summed E-state index contributed by atoms with van der Waals surface area (Å²) in [5.74, 6) is -1.81. The second kappa shape index (κ2) is 4.49. The Morgan fingerprint density at radius 3 is 2.44 bits per heavy atom. The van der Waals surface area contributed by atoms with Gasteiger partial charge in [-0.1, -0.05) is 11.8 Å². The first kappa shape index (κ1) is 10.9. The van der Waals surface area contributed by atoms with Crippen LogP contribution in [0.5, 0.6) is 0 Å². The number of benzene rings is 1. The van der Waals surface area contributed by atoms with Crippen LogP contribution in [0, 0.1) is 11.6 Å². The third kappa shape index (κ3) is 2.14. The smallest absolute Gasteiger partial charge is 0.174 e. The van der Waals surface area contributed by atoms with Gasteiger partial charge < -0.3 is 5.73 Å². The summed E-state index contributed by atoms with van der Waals surface area (Å²) in [5, 5.41) is 0. The Balaban J connectivity index is 2.38. The first-order valence-electron chi connectivity index (χ1n) is 4.50. The summed E-state index contributed by atoms with van der Waals surface area (Å²) in [6.45, 7) is 0. The van der Waals surface area contributed by atoms with Gasteiger partial charge >= 0.3 is 0 Å². The molecule has 0 amide bonds. The molecule has 16 heavy (non-hydrogen) atoms. The lowest BCUT2D eigenvalue weighted by molar-refractivity contribution is 0.492. The largest absolute Gasteiger partial charge is 0.398 e. The number of anilines is 1.